The molecule has 1 aliphatic carbocycles. The highest BCUT2D eigenvalue weighted by atomic mass is 32.2. The summed E-state index contributed by atoms with van der Waals surface area (Å²) in [6, 6.07) is 0. The minimum Gasteiger partial charge on any atom is -0.283 e. The van der Waals surface area contributed by atoms with E-state index in [1.54, 1.807) is 22.0 Å². The number of carbonyl (C=O) groups is 2. The molecule has 0 radical (unpaired) electrons. The summed E-state index contributed by atoms with van der Waals surface area (Å²) in [4.78, 5) is 45.5. The minimum absolute atomic E-state index is 0.0449. The van der Waals surface area contributed by atoms with Gasteiger partial charge in [0.15, 0.2) is 5.16 Å². The van der Waals surface area contributed by atoms with Crippen molar-refractivity contribution in [2.75, 3.05) is 12.3 Å². The van der Waals surface area contributed by atoms with Crippen LogP contribution >= 0.6 is 23.1 Å². The molecule has 0 atom stereocenters. The van der Waals surface area contributed by atoms with E-state index in [1.807, 2.05) is 0 Å². The lowest BCUT2D eigenvalue weighted by Gasteiger charge is -2.14. The average Bonchev–Trinajstić information content (AvgIpc) is 3.18. The van der Waals surface area contributed by atoms with Gasteiger partial charge in [0.1, 0.15) is 4.83 Å². The van der Waals surface area contributed by atoms with E-state index >= 15 is 0 Å². The lowest BCUT2D eigenvalue weighted by Crippen LogP contribution is -2.33. The molecule has 2 aromatic heterocycles. The Morgan fingerprint density at radius 2 is 2.00 bits per heavy atom. The molecule has 0 saturated carbocycles. The topological polar surface area (TPSA) is 72.3 Å². The number of hydrogen-bond donors (Lipinski definition) is 0. The first-order valence-corrected chi connectivity index (χ1v) is 11.5. The Labute approximate surface area is 171 Å². The van der Waals surface area contributed by atoms with E-state index in [-0.39, 0.29) is 23.1 Å². The van der Waals surface area contributed by atoms with Crippen molar-refractivity contribution in [2.45, 2.75) is 56.6 Å². The number of thioether (sulfide) groups is 1. The number of rotatable bonds is 5. The molecule has 0 spiro atoms. The predicted octanol–water partition coefficient (Wildman–Crippen LogP) is 3.15. The van der Waals surface area contributed by atoms with Crippen molar-refractivity contribution in [3.8, 4) is 0 Å². The predicted molar refractivity (Wildman–Crippen MR) is 112 cm³/mol. The van der Waals surface area contributed by atoms with Gasteiger partial charge in [-0.2, -0.15) is 0 Å². The van der Waals surface area contributed by atoms with Crippen molar-refractivity contribution >= 4 is 45.1 Å². The number of imide groups is 1. The molecule has 28 heavy (non-hydrogen) atoms. The number of thiophene rings is 1. The van der Waals surface area contributed by atoms with Crippen LogP contribution in [0.1, 0.15) is 42.5 Å². The molecular weight excluding hydrogens is 394 g/mol. The highest BCUT2D eigenvalue weighted by molar-refractivity contribution is 7.99. The van der Waals surface area contributed by atoms with Crippen LogP contribution in [0.25, 0.3) is 10.2 Å². The van der Waals surface area contributed by atoms with Gasteiger partial charge in [0.2, 0.25) is 11.8 Å². The SMILES string of the molecule is C=CCn1c(SCC(=O)N2CCCC2=O)nc2sc3c(c2c1=O)CCCCC3. The fourth-order valence-electron chi connectivity index (χ4n) is 3.91. The third-order valence-electron chi connectivity index (χ3n) is 5.30. The summed E-state index contributed by atoms with van der Waals surface area (Å²) in [5.41, 5.74) is 1.12. The summed E-state index contributed by atoms with van der Waals surface area (Å²) in [7, 11) is 0. The van der Waals surface area contributed by atoms with Crippen molar-refractivity contribution < 1.29 is 9.59 Å². The first kappa shape index (κ1) is 19.4. The van der Waals surface area contributed by atoms with Gasteiger partial charge in [-0.05, 0) is 37.7 Å². The van der Waals surface area contributed by atoms with Crippen LogP contribution in [0.15, 0.2) is 22.6 Å². The Bertz CT molecular complexity index is 1010. The summed E-state index contributed by atoms with van der Waals surface area (Å²) < 4.78 is 1.61. The Hall–Kier alpha value is -1.93. The molecule has 3 heterocycles. The molecule has 6 nitrogen and oxygen atoms in total. The van der Waals surface area contributed by atoms with Crippen LogP contribution in [-0.2, 0) is 29.0 Å². The third-order valence-corrected chi connectivity index (χ3v) is 7.45. The lowest BCUT2D eigenvalue weighted by atomic mass is 10.1. The summed E-state index contributed by atoms with van der Waals surface area (Å²) in [5.74, 6) is -0.222. The normalized spacial score (nSPS) is 17.0. The summed E-state index contributed by atoms with van der Waals surface area (Å²) in [6.07, 6.45) is 8.23. The zero-order chi connectivity index (χ0) is 19.7. The summed E-state index contributed by atoms with van der Waals surface area (Å²) >= 11 is 2.85. The van der Waals surface area contributed by atoms with E-state index in [4.69, 9.17) is 4.98 Å². The molecule has 0 N–H and O–H groups in total. The Morgan fingerprint density at radius 1 is 1.18 bits per heavy atom. The van der Waals surface area contributed by atoms with Gasteiger partial charge in [-0.1, -0.05) is 24.3 Å². The summed E-state index contributed by atoms with van der Waals surface area (Å²) in [5, 5.41) is 1.27. The zero-order valence-corrected chi connectivity index (χ0v) is 17.4. The molecule has 2 aliphatic rings. The van der Waals surface area contributed by atoms with Crippen LogP contribution in [0, 0.1) is 0 Å². The fourth-order valence-corrected chi connectivity index (χ4v) is 6.10. The van der Waals surface area contributed by atoms with Gasteiger partial charge in [-0.3, -0.25) is 23.9 Å². The number of allylic oxidation sites excluding steroid dienone is 1. The van der Waals surface area contributed by atoms with Gasteiger partial charge in [-0.15, -0.1) is 17.9 Å². The Balaban J connectivity index is 1.68. The molecule has 1 saturated heterocycles. The molecule has 4 rings (SSSR count). The second-order valence-corrected chi connectivity index (χ2v) is 9.20. The maximum atomic E-state index is 13.3. The molecule has 2 amide bonds. The standard InChI is InChI=1S/C20H23N3O3S2/c1-2-10-23-19(26)17-13-7-4-3-5-8-14(13)28-18(17)21-20(23)27-12-16(25)22-11-6-9-15(22)24/h2H,1,3-12H2. The number of carbonyl (C=O) groups excluding carboxylic acids is 2. The summed E-state index contributed by atoms with van der Waals surface area (Å²) in [6.45, 7) is 4.60. The smallest absolute Gasteiger partial charge is 0.263 e. The van der Waals surface area contributed by atoms with Crippen molar-refractivity contribution in [1.82, 2.24) is 14.5 Å². The van der Waals surface area contributed by atoms with E-state index in [0.29, 0.717) is 24.7 Å². The highest BCUT2D eigenvalue weighted by Crippen LogP contribution is 2.34. The number of aryl methyl sites for hydroxylation is 2. The van der Waals surface area contributed by atoms with Crippen molar-refractivity contribution in [3.63, 3.8) is 0 Å². The largest absolute Gasteiger partial charge is 0.283 e. The van der Waals surface area contributed by atoms with Crippen LogP contribution in [0.4, 0.5) is 0 Å². The monoisotopic (exact) mass is 417 g/mol. The van der Waals surface area contributed by atoms with Crippen molar-refractivity contribution in [2.24, 2.45) is 0 Å². The van der Waals surface area contributed by atoms with Crippen LogP contribution in [0.2, 0.25) is 0 Å². The maximum Gasteiger partial charge on any atom is 0.263 e. The highest BCUT2D eigenvalue weighted by Gasteiger charge is 2.27. The van der Waals surface area contributed by atoms with Crippen molar-refractivity contribution in [3.05, 3.63) is 33.4 Å². The molecule has 1 aliphatic heterocycles. The molecule has 148 valence electrons. The molecule has 0 bridgehead atoms. The fraction of sp³-hybridized carbons (Fsp3) is 0.500. The minimum atomic E-state index is -0.214. The van der Waals surface area contributed by atoms with Crippen LogP contribution in [0.5, 0.6) is 0 Å². The first-order chi connectivity index (χ1) is 13.6. The number of aromatic nitrogens is 2. The van der Waals surface area contributed by atoms with E-state index < -0.39 is 0 Å². The average molecular weight is 418 g/mol. The number of hydrogen-bond acceptors (Lipinski definition) is 6. The van der Waals surface area contributed by atoms with E-state index in [1.165, 1.54) is 33.5 Å². The first-order valence-electron chi connectivity index (χ1n) is 9.72. The van der Waals surface area contributed by atoms with Gasteiger partial charge in [0, 0.05) is 24.4 Å². The van der Waals surface area contributed by atoms with Crippen LogP contribution in [-0.4, -0.2) is 38.6 Å². The zero-order valence-electron chi connectivity index (χ0n) is 15.7. The lowest BCUT2D eigenvalue weighted by molar-refractivity contribution is -0.140. The van der Waals surface area contributed by atoms with E-state index in [9.17, 15) is 14.4 Å². The molecule has 1 fully saturated rings. The molecule has 8 heteroatoms. The van der Waals surface area contributed by atoms with Gasteiger partial charge < -0.3 is 0 Å². The van der Waals surface area contributed by atoms with E-state index in [0.717, 1.165) is 42.3 Å². The number of nitrogens with zero attached hydrogens (tertiary/aromatic N) is 3. The molecule has 0 aromatic carbocycles. The van der Waals surface area contributed by atoms with Crippen LogP contribution in [0.3, 0.4) is 0 Å². The second-order valence-electron chi connectivity index (χ2n) is 7.17. The van der Waals surface area contributed by atoms with Crippen LogP contribution < -0.4 is 5.56 Å². The number of fused-ring (bicyclic) bond motifs is 3. The number of amides is 2. The molecule has 2 aromatic rings. The van der Waals surface area contributed by atoms with Crippen molar-refractivity contribution in [1.29, 1.82) is 0 Å². The molecular formula is C20H23N3O3S2. The number of likely N-dealkylation sites (tertiary alicyclic amines) is 1. The quantitative estimate of drug-likeness (QED) is 0.323. The van der Waals surface area contributed by atoms with Gasteiger partial charge in [-0.25, -0.2) is 4.98 Å². The van der Waals surface area contributed by atoms with Gasteiger partial charge in [0.25, 0.3) is 5.56 Å². The van der Waals surface area contributed by atoms with E-state index in [2.05, 4.69) is 6.58 Å². The Kier molecular flexibility index (Phi) is 5.68. The van der Waals surface area contributed by atoms with Gasteiger partial charge in [0.05, 0.1) is 11.1 Å². The molecule has 0 unspecified atom stereocenters. The third kappa shape index (κ3) is 3.55. The van der Waals surface area contributed by atoms with Gasteiger partial charge >= 0.3 is 0 Å². The second kappa shape index (κ2) is 8.21. The Morgan fingerprint density at radius 3 is 2.75 bits per heavy atom. The maximum absolute atomic E-state index is 13.3.